The molecule has 98 valence electrons. The molecule has 0 spiro atoms. The van der Waals surface area contributed by atoms with Crippen LogP contribution in [0.2, 0.25) is 0 Å². The average molecular weight is 325 g/mol. The lowest BCUT2D eigenvalue weighted by atomic mass is 9.96. The van der Waals surface area contributed by atoms with Crippen LogP contribution in [0.15, 0.2) is 36.4 Å². The fourth-order valence-corrected chi connectivity index (χ4v) is 2.22. The van der Waals surface area contributed by atoms with Gasteiger partial charge in [0.2, 0.25) is 0 Å². The molecule has 0 aliphatic heterocycles. The van der Waals surface area contributed by atoms with Crippen LogP contribution in [0.1, 0.15) is 15.9 Å². The van der Waals surface area contributed by atoms with E-state index in [9.17, 15) is 13.6 Å². The normalized spacial score (nSPS) is 10.5. The summed E-state index contributed by atoms with van der Waals surface area (Å²) in [5.74, 6) is -1.51. The van der Waals surface area contributed by atoms with Gasteiger partial charge in [-0.2, -0.15) is 0 Å². The van der Waals surface area contributed by atoms with E-state index in [1.807, 2.05) is 0 Å². The molecule has 0 unspecified atom stereocenters. The van der Waals surface area contributed by atoms with Gasteiger partial charge in [-0.15, -0.1) is 0 Å². The van der Waals surface area contributed by atoms with E-state index >= 15 is 0 Å². The number of alkyl halides is 1. The van der Waals surface area contributed by atoms with E-state index in [0.29, 0.717) is 0 Å². The van der Waals surface area contributed by atoms with Gasteiger partial charge in [-0.1, -0.05) is 40.2 Å². The summed E-state index contributed by atoms with van der Waals surface area (Å²) >= 11 is 3.01. The highest BCUT2D eigenvalue weighted by molar-refractivity contribution is 9.09. The topological polar surface area (TPSA) is 17.1 Å². The molecule has 0 N–H and O–H groups in total. The number of ketones is 1. The molecule has 0 atom stereocenters. The highest BCUT2D eigenvalue weighted by atomic mass is 79.9. The monoisotopic (exact) mass is 324 g/mol. The first-order valence-electron chi connectivity index (χ1n) is 5.68. The summed E-state index contributed by atoms with van der Waals surface area (Å²) < 4.78 is 27.8. The van der Waals surface area contributed by atoms with Crippen LogP contribution in [0.3, 0.4) is 0 Å². The Balaban J connectivity index is 2.68. The predicted molar refractivity (Wildman–Crippen MR) is 74.7 cm³/mol. The Morgan fingerprint density at radius 1 is 1.11 bits per heavy atom. The number of Topliss-reactive ketones (excluding diaryl/α,β-unsaturated/α-hetero) is 1. The molecule has 0 saturated carbocycles. The van der Waals surface area contributed by atoms with Crippen molar-refractivity contribution in [1.82, 2.24) is 0 Å². The Bertz CT molecular complexity index is 638. The first kappa shape index (κ1) is 13.9. The van der Waals surface area contributed by atoms with Gasteiger partial charge in [0, 0.05) is 5.56 Å². The highest BCUT2D eigenvalue weighted by Crippen LogP contribution is 2.29. The van der Waals surface area contributed by atoms with Gasteiger partial charge in [0.1, 0.15) is 11.6 Å². The standard InChI is InChI=1S/C15H11BrF2O/c1-9-5-6-10(13(18)7-9)11-3-2-4-12(17)15(11)14(19)8-16/h2-7H,8H2,1H3. The van der Waals surface area contributed by atoms with Gasteiger partial charge in [-0.3, -0.25) is 4.79 Å². The van der Waals surface area contributed by atoms with Crippen LogP contribution in [0.4, 0.5) is 8.78 Å². The highest BCUT2D eigenvalue weighted by Gasteiger charge is 2.18. The average Bonchev–Trinajstić information content (AvgIpc) is 2.37. The lowest BCUT2D eigenvalue weighted by molar-refractivity contribution is 0.102. The minimum Gasteiger partial charge on any atom is -0.293 e. The maximum Gasteiger partial charge on any atom is 0.176 e. The van der Waals surface area contributed by atoms with E-state index in [1.54, 1.807) is 25.1 Å². The van der Waals surface area contributed by atoms with Crippen LogP contribution in [0.25, 0.3) is 11.1 Å². The van der Waals surface area contributed by atoms with Crippen LogP contribution in [-0.4, -0.2) is 11.1 Å². The molecule has 0 radical (unpaired) electrons. The van der Waals surface area contributed by atoms with Gasteiger partial charge >= 0.3 is 0 Å². The molecule has 2 rings (SSSR count). The van der Waals surface area contributed by atoms with Crippen molar-refractivity contribution >= 4 is 21.7 Å². The van der Waals surface area contributed by atoms with Crippen molar-refractivity contribution in [2.75, 3.05) is 5.33 Å². The van der Waals surface area contributed by atoms with E-state index in [-0.39, 0.29) is 22.0 Å². The Hall–Kier alpha value is -1.55. The Morgan fingerprint density at radius 3 is 2.47 bits per heavy atom. The van der Waals surface area contributed by atoms with Gasteiger partial charge in [-0.25, -0.2) is 8.78 Å². The maximum absolute atomic E-state index is 14.0. The van der Waals surface area contributed by atoms with Gasteiger partial charge in [0.25, 0.3) is 0 Å². The van der Waals surface area contributed by atoms with Gasteiger partial charge in [-0.05, 0) is 30.2 Å². The molecule has 2 aromatic carbocycles. The van der Waals surface area contributed by atoms with Gasteiger partial charge in [0.05, 0.1) is 10.9 Å². The molecule has 0 bridgehead atoms. The number of hydrogen-bond acceptors (Lipinski definition) is 1. The minimum absolute atomic E-state index is 0.00554. The number of hydrogen-bond donors (Lipinski definition) is 0. The zero-order valence-corrected chi connectivity index (χ0v) is 11.8. The molecule has 4 heteroatoms. The quantitative estimate of drug-likeness (QED) is 0.599. The third-order valence-electron chi connectivity index (χ3n) is 2.83. The molecule has 0 aliphatic rings. The molecule has 0 aromatic heterocycles. The SMILES string of the molecule is Cc1ccc(-c2cccc(F)c2C(=O)CBr)c(F)c1. The second-order valence-electron chi connectivity index (χ2n) is 4.20. The van der Waals surface area contributed by atoms with E-state index in [1.165, 1.54) is 18.2 Å². The van der Waals surface area contributed by atoms with Crippen molar-refractivity contribution in [2.45, 2.75) is 6.92 Å². The van der Waals surface area contributed by atoms with Crippen LogP contribution in [-0.2, 0) is 0 Å². The van der Waals surface area contributed by atoms with E-state index in [2.05, 4.69) is 15.9 Å². The molecule has 2 aromatic rings. The summed E-state index contributed by atoms with van der Waals surface area (Å²) in [4.78, 5) is 11.8. The van der Waals surface area contributed by atoms with E-state index in [0.717, 1.165) is 5.56 Å². The second kappa shape index (κ2) is 5.61. The first-order valence-corrected chi connectivity index (χ1v) is 6.81. The third-order valence-corrected chi connectivity index (χ3v) is 3.34. The molecule has 0 heterocycles. The van der Waals surface area contributed by atoms with Gasteiger partial charge in [0.15, 0.2) is 5.78 Å². The van der Waals surface area contributed by atoms with Crippen LogP contribution < -0.4 is 0 Å². The maximum atomic E-state index is 14.0. The molecule has 0 aliphatic carbocycles. The van der Waals surface area contributed by atoms with Crippen molar-refractivity contribution < 1.29 is 13.6 Å². The summed E-state index contributed by atoms with van der Waals surface area (Å²) in [6.07, 6.45) is 0. The third kappa shape index (κ3) is 2.73. The van der Waals surface area contributed by atoms with E-state index < -0.39 is 17.4 Å². The smallest absolute Gasteiger partial charge is 0.176 e. The molecular formula is C15H11BrF2O. The van der Waals surface area contributed by atoms with Crippen molar-refractivity contribution in [1.29, 1.82) is 0 Å². The largest absolute Gasteiger partial charge is 0.293 e. The number of halogens is 3. The molecule has 1 nitrogen and oxygen atoms in total. The first-order chi connectivity index (χ1) is 9.04. The Morgan fingerprint density at radius 2 is 1.84 bits per heavy atom. The predicted octanol–water partition coefficient (Wildman–Crippen LogP) is 4.52. The summed E-state index contributed by atoms with van der Waals surface area (Å²) in [7, 11) is 0. The van der Waals surface area contributed by atoms with Crippen molar-refractivity contribution in [3.8, 4) is 11.1 Å². The lowest BCUT2D eigenvalue weighted by Crippen LogP contribution is -2.06. The lowest BCUT2D eigenvalue weighted by Gasteiger charge is -2.10. The van der Waals surface area contributed by atoms with Crippen LogP contribution in [0, 0.1) is 18.6 Å². The summed E-state index contributed by atoms with van der Waals surface area (Å²) in [6, 6.07) is 8.87. The Kier molecular flexibility index (Phi) is 4.10. The summed E-state index contributed by atoms with van der Waals surface area (Å²) in [5, 5.41) is -0.00554. The molecular weight excluding hydrogens is 314 g/mol. The summed E-state index contributed by atoms with van der Waals surface area (Å²) in [5.41, 5.74) is 1.20. The number of carbonyl (C=O) groups excluding carboxylic acids is 1. The van der Waals surface area contributed by atoms with Crippen molar-refractivity contribution in [3.05, 3.63) is 59.2 Å². The molecule has 0 amide bonds. The number of rotatable bonds is 3. The zero-order valence-electron chi connectivity index (χ0n) is 10.2. The zero-order chi connectivity index (χ0) is 14.0. The summed E-state index contributed by atoms with van der Waals surface area (Å²) in [6.45, 7) is 1.77. The van der Waals surface area contributed by atoms with Crippen molar-refractivity contribution in [3.63, 3.8) is 0 Å². The minimum atomic E-state index is -0.637. The fraction of sp³-hybridized carbons (Fsp3) is 0.133. The molecule has 0 saturated heterocycles. The van der Waals surface area contributed by atoms with Crippen LogP contribution in [0.5, 0.6) is 0 Å². The van der Waals surface area contributed by atoms with Gasteiger partial charge < -0.3 is 0 Å². The van der Waals surface area contributed by atoms with Crippen LogP contribution >= 0.6 is 15.9 Å². The van der Waals surface area contributed by atoms with Crippen molar-refractivity contribution in [2.24, 2.45) is 0 Å². The number of carbonyl (C=O) groups is 1. The number of benzene rings is 2. The Labute approximate surface area is 118 Å². The van der Waals surface area contributed by atoms with E-state index in [4.69, 9.17) is 0 Å². The molecule has 19 heavy (non-hydrogen) atoms. The number of aryl methyl sites for hydroxylation is 1. The molecule has 0 fully saturated rings. The second-order valence-corrected chi connectivity index (χ2v) is 4.76. The fourth-order valence-electron chi connectivity index (χ4n) is 1.94.